The molecule has 0 bridgehead atoms. The second-order valence-electron chi connectivity index (χ2n) is 3.98. The Morgan fingerprint density at radius 2 is 2.05 bits per heavy atom. The van der Waals surface area contributed by atoms with Crippen molar-refractivity contribution in [2.75, 3.05) is 13.3 Å². The number of ether oxygens (including phenoxy) is 2. The van der Waals surface area contributed by atoms with E-state index < -0.39 is 12.2 Å². The van der Waals surface area contributed by atoms with E-state index in [0.717, 1.165) is 0 Å². The van der Waals surface area contributed by atoms with Crippen LogP contribution in [0.1, 0.15) is 18.1 Å². The molecular weight excluding hydrogens is 274 g/mol. The average Bonchev–Trinajstić information content (AvgIpc) is 2.84. The summed E-state index contributed by atoms with van der Waals surface area (Å²) in [7, 11) is 0. The van der Waals surface area contributed by atoms with Gasteiger partial charge in [-0.2, -0.15) is 0 Å². The second kappa shape index (κ2) is 5.99. The van der Waals surface area contributed by atoms with Crippen LogP contribution in [0.2, 0.25) is 5.02 Å². The molecule has 0 radical (unpaired) electrons. The molecule has 2 unspecified atom stereocenters. The molecule has 2 N–H and O–H groups in total. The Labute approximate surface area is 114 Å². The maximum Gasteiger partial charge on any atom is 0.231 e. The Hall–Kier alpha value is -1.66. The van der Waals surface area contributed by atoms with E-state index >= 15 is 0 Å². The van der Waals surface area contributed by atoms with Crippen LogP contribution in [0.5, 0.6) is 11.5 Å². The van der Waals surface area contributed by atoms with Crippen molar-refractivity contribution in [2.24, 2.45) is 5.11 Å². The van der Waals surface area contributed by atoms with Crippen LogP contribution in [0.25, 0.3) is 10.4 Å². The number of nitrogens with zero attached hydrogens (tertiary/aromatic N) is 3. The molecule has 0 fully saturated rings. The van der Waals surface area contributed by atoms with Crippen molar-refractivity contribution in [3.05, 3.63) is 33.2 Å². The number of rotatable bonds is 5. The van der Waals surface area contributed by atoms with Crippen LogP contribution < -0.4 is 9.47 Å². The van der Waals surface area contributed by atoms with Gasteiger partial charge in [-0.15, -0.1) is 0 Å². The fourth-order valence-electron chi connectivity index (χ4n) is 1.76. The summed E-state index contributed by atoms with van der Waals surface area (Å²) in [5.41, 5.74) is 8.49. The SMILES string of the molecule is [N-]=[N+]=NCCC(O)C(O)c1cc2c(cc1Cl)OCO2. The molecule has 2 rings (SSSR count). The molecule has 1 heterocycles. The van der Waals surface area contributed by atoms with Crippen molar-refractivity contribution in [2.45, 2.75) is 18.6 Å². The molecule has 7 nitrogen and oxygen atoms in total. The van der Waals surface area contributed by atoms with Gasteiger partial charge in [-0.1, -0.05) is 16.7 Å². The summed E-state index contributed by atoms with van der Waals surface area (Å²) in [5, 5.41) is 23.4. The molecule has 0 saturated heterocycles. The van der Waals surface area contributed by atoms with E-state index in [9.17, 15) is 10.2 Å². The normalized spacial score (nSPS) is 15.7. The number of fused-ring (bicyclic) bond motifs is 1. The molecule has 0 aliphatic carbocycles. The third-order valence-corrected chi connectivity index (χ3v) is 3.09. The first-order chi connectivity index (χ1) is 9.13. The lowest BCUT2D eigenvalue weighted by atomic mass is 10.0. The fourth-order valence-corrected chi connectivity index (χ4v) is 2.02. The topological polar surface area (TPSA) is 108 Å². The molecule has 1 aliphatic heterocycles. The lowest BCUT2D eigenvalue weighted by molar-refractivity contribution is 0.0150. The summed E-state index contributed by atoms with van der Waals surface area (Å²) < 4.78 is 10.3. The van der Waals surface area contributed by atoms with Crippen molar-refractivity contribution in [3.8, 4) is 11.5 Å². The Morgan fingerprint density at radius 1 is 1.37 bits per heavy atom. The van der Waals surface area contributed by atoms with Crippen molar-refractivity contribution < 1.29 is 19.7 Å². The van der Waals surface area contributed by atoms with E-state index in [1.807, 2.05) is 0 Å². The van der Waals surface area contributed by atoms with Gasteiger partial charge in [0.1, 0.15) is 6.10 Å². The van der Waals surface area contributed by atoms with Gasteiger partial charge >= 0.3 is 0 Å². The zero-order chi connectivity index (χ0) is 13.8. The van der Waals surface area contributed by atoms with Gasteiger partial charge in [-0.3, -0.25) is 0 Å². The van der Waals surface area contributed by atoms with E-state index in [-0.39, 0.29) is 24.8 Å². The van der Waals surface area contributed by atoms with Crippen LogP contribution in [-0.2, 0) is 0 Å². The van der Waals surface area contributed by atoms with Gasteiger partial charge < -0.3 is 19.7 Å². The smallest absolute Gasteiger partial charge is 0.231 e. The first kappa shape index (κ1) is 13.8. The minimum absolute atomic E-state index is 0.0941. The van der Waals surface area contributed by atoms with Crippen molar-refractivity contribution in [1.29, 1.82) is 0 Å². The molecular formula is C11H12ClN3O4. The number of azide groups is 1. The molecule has 0 saturated carbocycles. The summed E-state index contributed by atoms with van der Waals surface area (Å²) in [5.74, 6) is 0.977. The van der Waals surface area contributed by atoms with Crippen molar-refractivity contribution in [3.63, 3.8) is 0 Å². The Bertz CT molecular complexity index is 519. The molecule has 0 aromatic heterocycles. The quantitative estimate of drug-likeness (QED) is 0.491. The van der Waals surface area contributed by atoms with E-state index in [0.29, 0.717) is 17.1 Å². The van der Waals surface area contributed by atoms with Gasteiger partial charge in [0, 0.05) is 23.1 Å². The third-order valence-electron chi connectivity index (χ3n) is 2.76. The Kier molecular flexibility index (Phi) is 4.34. The number of hydrogen-bond donors (Lipinski definition) is 2. The van der Waals surface area contributed by atoms with Gasteiger partial charge in [0.15, 0.2) is 11.5 Å². The lowest BCUT2D eigenvalue weighted by Crippen LogP contribution is -2.19. The summed E-state index contributed by atoms with van der Waals surface area (Å²) in [6.07, 6.45) is -2.13. The van der Waals surface area contributed by atoms with E-state index in [4.69, 9.17) is 26.6 Å². The van der Waals surface area contributed by atoms with Crippen LogP contribution in [0, 0.1) is 0 Å². The van der Waals surface area contributed by atoms with Crippen molar-refractivity contribution in [1.82, 2.24) is 0 Å². The van der Waals surface area contributed by atoms with E-state index in [1.54, 1.807) is 0 Å². The lowest BCUT2D eigenvalue weighted by Gasteiger charge is -2.18. The molecule has 102 valence electrons. The minimum Gasteiger partial charge on any atom is -0.454 e. The average molecular weight is 286 g/mol. The second-order valence-corrected chi connectivity index (χ2v) is 4.39. The summed E-state index contributed by atoms with van der Waals surface area (Å²) in [6, 6.07) is 3.06. The first-order valence-corrected chi connectivity index (χ1v) is 5.97. The minimum atomic E-state index is -1.18. The monoisotopic (exact) mass is 285 g/mol. The molecule has 0 amide bonds. The zero-order valence-electron chi connectivity index (χ0n) is 9.86. The summed E-state index contributed by atoms with van der Waals surface area (Å²) in [6.45, 7) is 0.196. The van der Waals surface area contributed by atoms with Crippen LogP contribution >= 0.6 is 11.6 Å². The highest BCUT2D eigenvalue weighted by Crippen LogP contribution is 2.39. The van der Waals surface area contributed by atoms with Crippen LogP contribution in [-0.4, -0.2) is 29.7 Å². The van der Waals surface area contributed by atoms with Gasteiger partial charge in [-0.25, -0.2) is 0 Å². The predicted molar refractivity (Wildman–Crippen MR) is 67.2 cm³/mol. The number of benzene rings is 1. The van der Waals surface area contributed by atoms with Crippen LogP contribution in [0.3, 0.4) is 0 Å². The van der Waals surface area contributed by atoms with Gasteiger partial charge in [0.05, 0.1) is 11.1 Å². The predicted octanol–water partition coefficient (Wildman–Crippen LogP) is 2.16. The summed E-state index contributed by atoms with van der Waals surface area (Å²) >= 11 is 6.02. The standard InChI is InChI=1S/C11H12ClN3O4/c12-7-4-10-9(18-5-19-10)3-6(7)11(17)8(16)1-2-14-15-13/h3-4,8,11,16-17H,1-2,5H2. The number of aliphatic hydroxyl groups excluding tert-OH is 2. The third kappa shape index (κ3) is 3.02. The molecule has 19 heavy (non-hydrogen) atoms. The zero-order valence-corrected chi connectivity index (χ0v) is 10.6. The maximum atomic E-state index is 10.0. The fraction of sp³-hybridized carbons (Fsp3) is 0.455. The largest absolute Gasteiger partial charge is 0.454 e. The molecule has 1 aromatic carbocycles. The first-order valence-electron chi connectivity index (χ1n) is 5.59. The number of halogens is 1. The van der Waals surface area contributed by atoms with E-state index in [1.165, 1.54) is 12.1 Å². The van der Waals surface area contributed by atoms with Crippen molar-refractivity contribution >= 4 is 11.6 Å². The number of aliphatic hydroxyl groups is 2. The molecule has 1 aromatic rings. The van der Waals surface area contributed by atoms with Crippen LogP contribution in [0.15, 0.2) is 17.2 Å². The van der Waals surface area contributed by atoms with Gasteiger partial charge in [-0.05, 0) is 18.0 Å². The number of hydrogen-bond acceptors (Lipinski definition) is 5. The molecule has 1 aliphatic rings. The Balaban J connectivity index is 2.14. The highest BCUT2D eigenvalue weighted by Gasteiger charge is 2.24. The van der Waals surface area contributed by atoms with Gasteiger partial charge in [0.2, 0.25) is 6.79 Å². The van der Waals surface area contributed by atoms with Crippen LogP contribution in [0.4, 0.5) is 0 Å². The maximum absolute atomic E-state index is 10.0. The van der Waals surface area contributed by atoms with Gasteiger partial charge in [0.25, 0.3) is 0 Å². The summed E-state index contributed by atoms with van der Waals surface area (Å²) in [4.78, 5) is 2.57. The molecule has 0 spiro atoms. The van der Waals surface area contributed by atoms with E-state index in [2.05, 4.69) is 10.0 Å². The molecule has 2 atom stereocenters. The highest BCUT2D eigenvalue weighted by atomic mass is 35.5. The highest BCUT2D eigenvalue weighted by molar-refractivity contribution is 6.31. The molecule has 8 heteroatoms. The Morgan fingerprint density at radius 3 is 2.74 bits per heavy atom.